The monoisotopic (exact) mass is 354 g/mol. The van der Waals surface area contributed by atoms with E-state index in [1.165, 1.54) is 0 Å². The lowest BCUT2D eigenvalue weighted by molar-refractivity contribution is -0.128. The van der Waals surface area contributed by atoms with Gasteiger partial charge >= 0.3 is 0 Å². The van der Waals surface area contributed by atoms with E-state index in [0.29, 0.717) is 12.2 Å². The number of Topliss-reactive ketones (excluding diaryl/α,β-unsaturated/α-hetero) is 1. The lowest BCUT2D eigenvalue weighted by Gasteiger charge is -2.35. The van der Waals surface area contributed by atoms with E-state index in [4.69, 9.17) is 4.43 Å². The summed E-state index contributed by atoms with van der Waals surface area (Å²) in [6.07, 6.45) is 3.79. The van der Waals surface area contributed by atoms with E-state index in [1.807, 2.05) is 18.2 Å². The second-order valence-corrected chi connectivity index (χ2v) is 11.9. The summed E-state index contributed by atoms with van der Waals surface area (Å²) >= 11 is 3.56. The molecule has 0 aromatic heterocycles. The third kappa shape index (κ3) is 4.03. The molecule has 1 saturated carbocycles. The van der Waals surface area contributed by atoms with Crippen LogP contribution in [-0.4, -0.2) is 19.1 Å². The van der Waals surface area contributed by atoms with Crippen molar-refractivity contribution >= 4 is 30.0 Å². The summed E-state index contributed by atoms with van der Waals surface area (Å²) in [5.41, 5.74) is 1.15. The number of carbonyl (C=O) groups excluding carboxylic acids is 1. The molecule has 0 saturated heterocycles. The molecular weight excluding hydrogens is 332 g/mol. The zero-order valence-corrected chi connectivity index (χ0v) is 14.9. The van der Waals surface area contributed by atoms with Crippen molar-refractivity contribution in [2.24, 2.45) is 5.92 Å². The molecule has 20 heavy (non-hydrogen) atoms. The van der Waals surface area contributed by atoms with Gasteiger partial charge in [-0.3, -0.25) is 4.79 Å². The first-order valence-corrected chi connectivity index (χ1v) is 11.6. The zero-order chi connectivity index (χ0) is 14.6. The summed E-state index contributed by atoms with van der Waals surface area (Å²) in [5, 5.41) is 0. The summed E-state index contributed by atoms with van der Waals surface area (Å²) in [4.78, 5) is 13.2. The van der Waals surface area contributed by atoms with Crippen LogP contribution in [0.4, 0.5) is 0 Å². The molecule has 4 heteroatoms. The quantitative estimate of drug-likeness (QED) is 0.568. The Morgan fingerprint density at radius 2 is 2.00 bits per heavy atom. The minimum absolute atomic E-state index is 0.0389. The van der Waals surface area contributed by atoms with Crippen molar-refractivity contribution in [3.05, 3.63) is 35.9 Å². The minimum Gasteiger partial charge on any atom is -0.409 e. The molecule has 0 spiro atoms. The summed E-state index contributed by atoms with van der Waals surface area (Å²) < 4.78 is 6.45. The van der Waals surface area contributed by atoms with E-state index in [2.05, 4.69) is 41.2 Å². The molecular formula is C16H23BrO2Si. The molecule has 1 aromatic rings. The summed E-state index contributed by atoms with van der Waals surface area (Å²) in [7, 11) is -1.77. The first kappa shape index (κ1) is 15.9. The number of hydrogen-bond acceptors (Lipinski definition) is 2. The molecule has 0 amide bonds. The van der Waals surface area contributed by atoms with Crippen molar-refractivity contribution in [3.8, 4) is 0 Å². The summed E-state index contributed by atoms with van der Waals surface area (Å²) in [6, 6.07) is 10.2. The van der Waals surface area contributed by atoms with Gasteiger partial charge in [-0.2, -0.15) is 0 Å². The van der Waals surface area contributed by atoms with Crippen molar-refractivity contribution in [2.75, 3.05) is 4.95 Å². The third-order valence-electron chi connectivity index (χ3n) is 3.86. The molecule has 110 valence electrons. The number of hydrogen-bond donors (Lipinski definition) is 0. The van der Waals surface area contributed by atoms with Gasteiger partial charge in [0.15, 0.2) is 8.32 Å². The van der Waals surface area contributed by atoms with Gasteiger partial charge in [0.2, 0.25) is 0 Å². The highest BCUT2D eigenvalue weighted by Gasteiger charge is 2.36. The average molecular weight is 355 g/mol. The smallest absolute Gasteiger partial charge is 0.197 e. The van der Waals surface area contributed by atoms with Crippen LogP contribution in [0.2, 0.25) is 13.1 Å². The molecule has 1 aromatic carbocycles. The fourth-order valence-electron chi connectivity index (χ4n) is 2.73. The van der Waals surface area contributed by atoms with Crippen LogP contribution in [0.1, 0.15) is 37.4 Å². The van der Waals surface area contributed by atoms with Crippen molar-refractivity contribution < 1.29 is 9.22 Å². The number of halogens is 1. The lowest BCUT2D eigenvalue weighted by atomic mass is 9.82. The Bertz CT molecular complexity index is 447. The standard InChI is InChI=1S/C16H23BrO2Si/c1-20(2,12-17)19-16(13-8-4-3-5-9-13)14-10-6-7-11-15(14)18/h3-5,8-9,14,16H,6-7,10-12H2,1-2H3/t14-,16-/m0/s1. The molecule has 0 heterocycles. The maximum atomic E-state index is 12.3. The molecule has 1 aliphatic rings. The molecule has 2 nitrogen and oxygen atoms in total. The van der Waals surface area contributed by atoms with Gasteiger partial charge in [-0.05, 0) is 31.5 Å². The van der Waals surface area contributed by atoms with E-state index in [-0.39, 0.29) is 12.0 Å². The van der Waals surface area contributed by atoms with Crippen molar-refractivity contribution in [2.45, 2.75) is 44.9 Å². The number of benzene rings is 1. The van der Waals surface area contributed by atoms with Crippen molar-refractivity contribution in [1.82, 2.24) is 0 Å². The van der Waals surface area contributed by atoms with Gasteiger partial charge in [0.05, 0.1) is 6.10 Å². The van der Waals surface area contributed by atoms with Crippen LogP contribution in [0.5, 0.6) is 0 Å². The van der Waals surface area contributed by atoms with Gasteiger partial charge in [0.1, 0.15) is 5.78 Å². The largest absolute Gasteiger partial charge is 0.409 e. The Kier molecular flexibility index (Phi) is 5.58. The Balaban J connectivity index is 2.26. The molecule has 0 N–H and O–H groups in total. The Morgan fingerprint density at radius 1 is 1.30 bits per heavy atom. The Morgan fingerprint density at radius 3 is 2.60 bits per heavy atom. The summed E-state index contributed by atoms with van der Waals surface area (Å²) in [6.45, 7) is 4.40. The van der Waals surface area contributed by atoms with E-state index < -0.39 is 8.32 Å². The maximum Gasteiger partial charge on any atom is 0.197 e. The predicted molar refractivity (Wildman–Crippen MR) is 88.5 cm³/mol. The number of carbonyl (C=O) groups is 1. The molecule has 1 aliphatic carbocycles. The van der Waals surface area contributed by atoms with Crippen molar-refractivity contribution in [3.63, 3.8) is 0 Å². The highest BCUT2D eigenvalue weighted by atomic mass is 79.9. The normalized spacial score (nSPS) is 21.8. The topological polar surface area (TPSA) is 26.3 Å². The maximum absolute atomic E-state index is 12.3. The molecule has 1 fully saturated rings. The van der Waals surface area contributed by atoms with Crippen LogP contribution in [0.25, 0.3) is 0 Å². The van der Waals surface area contributed by atoms with Crippen LogP contribution >= 0.6 is 15.9 Å². The Labute approximate surface area is 131 Å². The Hall–Kier alpha value is -0.453. The van der Waals surface area contributed by atoms with Gasteiger partial charge in [0, 0.05) is 17.3 Å². The number of ketones is 1. The molecule has 0 radical (unpaired) electrons. The highest BCUT2D eigenvalue weighted by Crippen LogP contribution is 2.37. The molecule has 0 unspecified atom stereocenters. The number of alkyl halides is 1. The van der Waals surface area contributed by atoms with Crippen LogP contribution in [0, 0.1) is 5.92 Å². The van der Waals surface area contributed by atoms with Crippen LogP contribution in [0.3, 0.4) is 0 Å². The second kappa shape index (κ2) is 7.01. The first-order chi connectivity index (χ1) is 9.53. The summed E-state index contributed by atoms with van der Waals surface area (Å²) in [5.74, 6) is 0.418. The van der Waals surface area contributed by atoms with Crippen molar-refractivity contribution in [1.29, 1.82) is 0 Å². The van der Waals surface area contributed by atoms with E-state index in [0.717, 1.165) is 29.8 Å². The SMILES string of the molecule is C[Si](C)(CBr)O[C@@H](c1ccccc1)[C@H]1CCCCC1=O. The third-order valence-corrected chi connectivity index (χ3v) is 9.45. The van der Waals surface area contributed by atoms with Gasteiger partial charge in [-0.25, -0.2) is 0 Å². The fraction of sp³-hybridized carbons (Fsp3) is 0.562. The van der Waals surface area contributed by atoms with Crippen LogP contribution in [0.15, 0.2) is 30.3 Å². The first-order valence-electron chi connectivity index (χ1n) is 7.35. The van der Waals surface area contributed by atoms with Gasteiger partial charge in [-0.1, -0.05) is 52.7 Å². The molecule has 2 rings (SSSR count). The highest BCUT2D eigenvalue weighted by molar-refractivity contribution is 9.09. The van der Waals surface area contributed by atoms with E-state index in [1.54, 1.807) is 0 Å². The van der Waals surface area contributed by atoms with Gasteiger partial charge in [0.25, 0.3) is 0 Å². The van der Waals surface area contributed by atoms with E-state index in [9.17, 15) is 4.79 Å². The van der Waals surface area contributed by atoms with E-state index >= 15 is 0 Å². The predicted octanol–water partition coefficient (Wildman–Crippen LogP) is 4.64. The van der Waals surface area contributed by atoms with Gasteiger partial charge in [-0.15, -0.1) is 0 Å². The van der Waals surface area contributed by atoms with Crippen LogP contribution in [-0.2, 0) is 9.22 Å². The molecule has 2 atom stereocenters. The second-order valence-electron chi connectivity index (χ2n) is 6.16. The average Bonchev–Trinajstić information content (AvgIpc) is 2.47. The molecule has 0 aliphatic heterocycles. The minimum atomic E-state index is -1.77. The zero-order valence-electron chi connectivity index (χ0n) is 12.3. The lowest BCUT2D eigenvalue weighted by Crippen LogP contribution is -2.39. The van der Waals surface area contributed by atoms with Gasteiger partial charge < -0.3 is 4.43 Å². The number of rotatable bonds is 5. The molecule has 0 bridgehead atoms. The fourth-order valence-corrected chi connectivity index (χ4v) is 4.18. The van der Waals surface area contributed by atoms with Crippen LogP contribution < -0.4 is 0 Å².